The van der Waals surface area contributed by atoms with E-state index in [0.29, 0.717) is 11.6 Å². The zero-order valence-corrected chi connectivity index (χ0v) is 12.2. The van der Waals surface area contributed by atoms with Gasteiger partial charge < -0.3 is 5.73 Å². The third-order valence-corrected chi connectivity index (χ3v) is 3.89. The van der Waals surface area contributed by atoms with Crippen molar-refractivity contribution in [3.63, 3.8) is 0 Å². The Labute approximate surface area is 120 Å². The SMILES string of the molecule is Nc1nc(-c2ccc(Br)cn2)nc2c1CCCCC2. The molecular weight excluding hydrogens is 304 g/mol. The van der Waals surface area contributed by atoms with Gasteiger partial charge in [0.05, 0.1) is 0 Å². The van der Waals surface area contributed by atoms with E-state index in [4.69, 9.17) is 5.73 Å². The number of nitrogen functional groups attached to an aromatic ring is 1. The van der Waals surface area contributed by atoms with Crippen LogP contribution in [0.1, 0.15) is 30.5 Å². The molecule has 0 saturated heterocycles. The molecule has 0 aliphatic heterocycles. The Hall–Kier alpha value is -1.49. The second-order valence-electron chi connectivity index (χ2n) is 4.78. The predicted molar refractivity (Wildman–Crippen MR) is 78.6 cm³/mol. The Bertz CT molecular complexity index is 595. The summed E-state index contributed by atoms with van der Waals surface area (Å²) in [7, 11) is 0. The van der Waals surface area contributed by atoms with Crippen LogP contribution in [-0.4, -0.2) is 15.0 Å². The van der Waals surface area contributed by atoms with E-state index >= 15 is 0 Å². The normalized spacial score (nSPS) is 14.8. The smallest absolute Gasteiger partial charge is 0.180 e. The van der Waals surface area contributed by atoms with Crippen molar-refractivity contribution >= 4 is 21.7 Å². The van der Waals surface area contributed by atoms with Crippen molar-refractivity contribution in [2.45, 2.75) is 32.1 Å². The fraction of sp³-hybridized carbons (Fsp3) is 0.357. The minimum Gasteiger partial charge on any atom is -0.383 e. The number of pyridine rings is 1. The first-order valence-electron chi connectivity index (χ1n) is 6.51. The summed E-state index contributed by atoms with van der Waals surface area (Å²) in [6.07, 6.45) is 7.33. The molecule has 2 aromatic heterocycles. The lowest BCUT2D eigenvalue weighted by molar-refractivity contribution is 0.709. The maximum Gasteiger partial charge on any atom is 0.180 e. The number of nitrogens with two attached hydrogens (primary N) is 1. The van der Waals surface area contributed by atoms with Crippen molar-refractivity contribution in [3.05, 3.63) is 34.1 Å². The van der Waals surface area contributed by atoms with Crippen molar-refractivity contribution in [1.82, 2.24) is 15.0 Å². The Morgan fingerprint density at radius 2 is 1.89 bits per heavy atom. The molecule has 0 bridgehead atoms. The Balaban J connectivity index is 2.06. The zero-order chi connectivity index (χ0) is 13.2. The molecule has 3 rings (SSSR count). The van der Waals surface area contributed by atoms with Gasteiger partial charge >= 0.3 is 0 Å². The monoisotopic (exact) mass is 318 g/mol. The van der Waals surface area contributed by atoms with Gasteiger partial charge in [-0.2, -0.15) is 0 Å². The molecule has 0 atom stereocenters. The quantitative estimate of drug-likeness (QED) is 0.820. The van der Waals surface area contributed by atoms with Crippen molar-refractivity contribution in [3.8, 4) is 11.5 Å². The van der Waals surface area contributed by atoms with Crippen molar-refractivity contribution < 1.29 is 0 Å². The number of aromatic nitrogens is 3. The highest BCUT2D eigenvalue weighted by Gasteiger charge is 2.16. The summed E-state index contributed by atoms with van der Waals surface area (Å²) >= 11 is 3.37. The molecule has 1 aliphatic carbocycles. The third-order valence-electron chi connectivity index (χ3n) is 3.42. The van der Waals surface area contributed by atoms with Crippen LogP contribution in [0, 0.1) is 0 Å². The molecule has 19 heavy (non-hydrogen) atoms. The second kappa shape index (κ2) is 5.25. The highest BCUT2D eigenvalue weighted by atomic mass is 79.9. The van der Waals surface area contributed by atoms with Gasteiger partial charge in [0.2, 0.25) is 0 Å². The summed E-state index contributed by atoms with van der Waals surface area (Å²) in [5, 5.41) is 0. The van der Waals surface area contributed by atoms with Crippen molar-refractivity contribution in [2.24, 2.45) is 0 Å². The van der Waals surface area contributed by atoms with Gasteiger partial charge in [-0.05, 0) is 53.7 Å². The number of fused-ring (bicyclic) bond motifs is 1. The number of rotatable bonds is 1. The Morgan fingerprint density at radius 3 is 2.68 bits per heavy atom. The van der Waals surface area contributed by atoms with Gasteiger partial charge in [-0.1, -0.05) is 6.42 Å². The molecule has 0 aromatic carbocycles. The topological polar surface area (TPSA) is 64.7 Å². The molecule has 0 fully saturated rings. The lowest BCUT2D eigenvalue weighted by Crippen LogP contribution is -2.07. The van der Waals surface area contributed by atoms with E-state index in [1.807, 2.05) is 12.1 Å². The van der Waals surface area contributed by atoms with Gasteiger partial charge in [-0.3, -0.25) is 4.98 Å². The molecule has 4 nitrogen and oxygen atoms in total. The van der Waals surface area contributed by atoms with E-state index in [-0.39, 0.29) is 0 Å². The first-order valence-corrected chi connectivity index (χ1v) is 7.30. The number of aryl methyl sites for hydroxylation is 1. The molecule has 0 amide bonds. The Kier molecular flexibility index (Phi) is 3.46. The summed E-state index contributed by atoms with van der Waals surface area (Å²) in [6, 6.07) is 3.84. The summed E-state index contributed by atoms with van der Waals surface area (Å²) in [4.78, 5) is 13.4. The van der Waals surface area contributed by atoms with E-state index in [1.165, 1.54) is 19.3 Å². The third kappa shape index (κ3) is 2.61. The predicted octanol–water partition coefficient (Wildman–Crippen LogP) is 3.15. The first-order chi connectivity index (χ1) is 9.24. The van der Waals surface area contributed by atoms with Gasteiger partial charge in [-0.25, -0.2) is 9.97 Å². The molecule has 0 unspecified atom stereocenters. The van der Waals surface area contributed by atoms with Crippen LogP contribution in [0.5, 0.6) is 0 Å². The van der Waals surface area contributed by atoms with E-state index < -0.39 is 0 Å². The van der Waals surface area contributed by atoms with Crippen LogP contribution in [0.4, 0.5) is 5.82 Å². The van der Waals surface area contributed by atoms with Crippen molar-refractivity contribution in [2.75, 3.05) is 5.73 Å². The number of hydrogen-bond donors (Lipinski definition) is 1. The second-order valence-corrected chi connectivity index (χ2v) is 5.70. The highest BCUT2D eigenvalue weighted by Crippen LogP contribution is 2.25. The number of hydrogen-bond acceptors (Lipinski definition) is 4. The fourth-order valence-corrected chi connectivity index (χ4v) is 2.66. The minimum absolute atomic E-state index is 0.617. The maximum absolute atomic E-state index is 6.09. The summed E-state index contributed by atoms with van der Waals surface area (Å²) in [5.74, 6) is 1.25. The van der Waals surface area contributed by atoms with Crippen LogP contribution in [-0.2, 0) is 12.8 Å². The minimum atomic E-state index is 0.617. The molecule has 5 heteroatoms. The lowest BCUT2D eigenvalue weighted by Gasteiger charge is -2.10. The molecule has 98 valence electrons. The van der Waals surface area contributed by atoms with Crippen LogP contribution in [0.2, 0.25) is 0 Å². The van der Waals surface area contributed by atoms with Gasteiger partial charge in [0.1, 0.15) is 11.5 Å². The molecule has 2 heterocycles. The molecule has 0 radical (unpaired) electrons. The number of nitrogens with zero attached hydrogens (tertiary/aromatic N) is 3. The molecule has 0 saturated carbocycles. The first kappa shape index (κ1) is 12.5. The van der Waals surface area contributed by atoms with E-state index in [1.54, 1.807) is 6.20 Å². The largest absolute Gasteiger partial charge is 0.383 e. The van der Waals surface area contributed by atoms with Gasteiger partial charge in [0.15, 0.2) is 5.82 Å². The molecule has 1 aliphatic rings. The standard InChI is InChI=1S/C14H15BrN4/c15-9-6-7-12(17-8-9)14-18-11-5-3-1-2-4-10(11)13(16)19-14/h6-8H,1-5H2,(H2,16,18,19). The lowest BCUT2D eigenvalue weighted by atomic mass is 10.1. The van der Waals surface area contributed by atoms with Crippen LogP contribution < -0.4 is 5.73 Å². The van der Waals surface area contributed by atoms with Gasteiger partial charge in [0.25, 0.3) is 0 Å². The number of anilines is 1. The number of halogens is 1. The van der Waals surface area contributed by atoms with E-state index in [9.17, 15) is 0 Å². The molecule has 2 aromatic rings. The molecule has 2 N–H and O–H groups in total. The highest BCUT2D eigenvalue weighted by molar-refractivity contribution is 9.10. The summed E-state index contributed by atoms with van der Waals surface area (Å²) in [6.45, 7) is 0. The molecule has 0 spiro atoms. The maximum atomic E-state index is 6.09. The van der Waals surface area contributed by atoms with E-state index in [2.05, 4.69) is 30.9 Å². The fourth-order valence-electron chi connectivity index (χ4n) is 2.42. The molecular formula is C14H15BrN4. The van der Waals surface area contributed by atoms with Gasteiger partial charge in [-0.15, -0.1) is 0 Å². The average Bonchev–Trinajstić information content (AvgIpc) is 2.65. The van der Waals surface area contributed by atoms with Crippen molar-refractivity contribution in [1.29, 1.82) is 0 Å². The van der Waals surface area contributed by atoms with E-state index in [0.717, 1.165) is 34.3 Å². The summed E-state index contributed by atoms with van der Waals surface area (Å²) < 4.78 is 0.944. The van der Waals surface area contributed by atoms with Crippen LogP contribution >= 0.6 is 15.9 Å². The summed E-state index contributed by atoms with van der Waals surface area (Å²) in [5.41, 5.74) is 9.10. The van der Waals surface area contributed by atoms with Gasteiger partial charge in [0, 0.05) is 21.9 Å². The van der Waals surface area contributed by atoms with Crippen LogP contribution in [0.3, 0.4) is 0 Å². The van der Waals surface area contributed by atoms with Crippen LogP contribution in [0.25, 0.3) is 11.5 Å². The van der Waals surface area contributed by atoms with Crippen LogP contribution in [0.15, 0.2) is 22.8 Å². The average molecular weight is 319 g/mol. The zero-order valence-electron chi connectivity index (χ0n) is 10.6. The Morgan fingerprint density at radius 1 is 1.05 bits per heavy atom.